The molecule has 0 bridgehead atoms. The molecule has 1 aliphatic heterocycles. The average molecular weight is 458 g/mol. The summed E-state index contributed by atoms with van der Waals surface area (Å²) in [5.74, 6) is 0.0173. The van der Waals surface area contributed by atoms with Gasteiger partial charge in [0.2, 0.25) is 0 Å². The van der Waals surface area contributed by atoms with Gasteiger partial charge in [-0.2, -0.15) is 0 Å². The maximum atomic E-state index is 13.1. The first-order valence-electron chi connectivity index (χ1n) is 11.1. The van der Waals surface area contributed by atoms with Crippen molar-refractivity contribution in [1.29, 1.82) is 0 Å². The molecule has 1 atom stereocenters. The summed E-state index contributed by atoms with van der Waals surface area (Å²) in [6.07, 6.45) is 0.0845. The van der Waals surface area contributed by atoms with E-state index in [9.17, 15) is 9.00 Å². The largest absolute Gasteiger partial charge is 0.372 e. The molecule has 1 amide bonds. The lowest BCUT2D eigenvalue weighted by Gasteiger charge is -2.22. The first-order chi connectivity index (χ1) is 15.0. The second kappa shape index (κ2) is 9.83. The smallest absolute Gasteiger partial charge is 0.259 e. The third kappa shape index (κ3) is 5.46. The van der Waals surface area contributed by atoms with Crippen molar-refractivity contribution in [3.63, 3.8) is 0 Å². The normalized spacial score (nSPS) is 15.3. The molecule has 0 spiro atoms. The van der Waals surface area contributed by atoms with Crippen molar-refractivity contribution in [2.24, 2.45) is 9.50 Å². The molecule has 2 aromatic carbocycles. The minimum Gasteiger partial charge on any atom is -0.372 e. The van der Waals surface area contributed by atoms with Gasteiger partial charge in [0, 0.05) is 6.54 Å². The number of nitrogens with two attached hydrogens (primary N) is 1. The van der Waals surface area contributed by atoms with Gasteiger partial charge in [-0.05, 0) is 71.4 Å². The van der Waals surface area contributed by atoms with Crippen LogP contribution in [-0.4, -0.2) is 29.1 Å². The van der Waals surface area contributed by atoms with Gasteiger partial charge in [0.1, 0.15) is 9.92 Å². The lowest BCUT2D eigenvalue weighted by atomic mass is 9.82. The Labute approximate surface area is 192 Å². The molecule has 1 aliphatic rings. The number of rotatable bonds is 7. The molecule has 0 radical (unpaired) electrons. The topological polar surface area (TPSA) is 85.0 Å². The van der Waals surface area contributed by atoms with E-state index in [0.29, 0.717) is 18.1 Å². The van der Waals surface area contributed by atoms with Gasteiger partial charge in [0.05, 0.1) is 24.5 Å². The van der Waals surface area contributed by atoms with Crippen LogP contribution in [0.5, 0.6) is 0 Å². The van der Waals surface area contributed by atoms with E-state index < -0.39 is 15.8 Å². The van der Waals surface area contributed by atoms with Gasteiger partial charge >= 0.3 is 0 Å². The Morgan fingerprint density at radius 2 is 1.78 bits per heavy atom. The molecular formula is C25H35N3O3S. The monoisotopic (exact) mass is 457 g/mol. The first kappa shape index (κ1) is 24.6. The molecule has 0 aliphatic carbocycles. The average Bonchev–Trinajstić information content (AvgIpc) is 3.14. The standard InChI is InChI=1S/C25H35N3O3S/c1-16(2)21-11-19-14-31-15-23(19)25(17(3)4)22(21)12-24(29)27-32(26,30)20-9-7-18(8-10-20)13-28(5)6/h7-11,16-17H,12-15H2,1-6H3,(H2,26,27,29,30). The number of carbonyl (C=O) groups is 1. The summed E-state index contributed by atoms with van der Waals surface area (Å²) in [5.41, 5.74) is 6.71. The highest BCUT2D eigenvalue weighted by Crippen LogP contribution is 2.37. The summed E-state index contributed by atoms with van der Waals surface area (Å²) in [5, 5.41) is 6.04. The van der Waals surface area contributed by atoms with Crippen molar-refractivity contribution >= 4 is 15.8 Å². The van der Waals surface area contributed by atoms with Crippen molar-refractivity contribution in [3.8, 4) is 0 Å². The molecule has 6 nitrogen and oxygen atoms in total. The Balaban J connectivity index is 1.96. The second-order valence-electron chi connectivity index (χ2n) is 9.41. The van der Waals surface area contributed by atoms with E-state index >= 15 is 0 Å². The van der Waals surface area contributed by atoms with E-state index in [0.717, 1.165) is 28.8 Å². The van der Waals surface area contributed by atoms with Gasteiger partial charge in [-0.3, -0.25) is 4.79 Å². The van der Waals surface area contributed by atoms with Gasteiger partial charge in [0.15, 0.2) is 0 Å². The third-order valence-corrected chi connectivity index (χ3v) is 7.17. The van der Waals surface area contributed by atoms with Gasteiger partial charge in [-0.15, -0.1) is 4.36 Å². The number of hydrogen-bond acceptors (Lipinski definition) is 4. The summed E-state index contributed by atoms with van der Waals surface area (Å²) in [7, 11) is 0.649. The SMILES string of the molecule is CC(C)c1cc2c(c(C(C)C)c1CC(=O)N=S(N)(=O)c1ccc(CN(C)C)cc1)COC2. The van der Waals surface area contributed by atoms with Gasteiger partial charge < -0.3 is 9.64 Å². The van der Waals surface area contributed by atoms with Crippen LogP contribution >= 0.6 is 0 Å². The maximum absolute atomic E-state index is 13.1. The van der Waals surface area contributed by atoms with Crippen molar-refractivity contribution < 1.29 is 13.7 Å². The van der Waals surface area contributed by atoms with Crippen LogP contribution in [0.1, 0.15) is 72.9 Å². The molecule has 1 unspecified atom stereocenters. The molecule has 3 rings (SSSR count). The van der Waals surface area contributed by atoms with E-state index in [2.05, 4.69) is 38.1 Å². The van der Waals surface area contributed by atoms with Crippen LogP contribution in [0.4, 0.5) is 0 Å². The van der Waals surface area contributed by atoms with Crippen molar-refractivity contribution in [2.75, 3.05) is 14.1 Å². The Morgan fingerprint density at radius 1 is 1.12 bits per heavy atom. The number of nitrogens with zero attached hydrogens (tertiary/aromatic N) is 2. The number of amides is 1. The quantitative estimate of drug-likeness (QED) is 0.664. The minimum atomic E-state index is -3.32. The number of fused-ring (bicyclic) bond motifs is 1. The highest BCUT2D eigenvalue weighted by Gasteiger charge is 2.26. The fourth-order valence-electron chi connectivity index (χ4n) is 4.39. The first-order valence-corrected chi connectivity index (χ1v) is 12.6. The predicted molar refractivity (Wildman–Crippen MR) is 129 cm³/mol. The van der Waals surface area contributed by atoms with Crippen LogP contribution in [0.25, 0.3) is 0 Å². The lowest BCUT2D eigenvalue weighted by Crippen LogP contribution is -2.18. The fraction of sp³-hybridized carbons (Fsp3) is 0.480. The zero-order chi connectivity index (χ0) is 23.6. The van der Waals surface area contributed by atoms with Crippen LogP contribution < -0.4 is 5.14 Å². The van der Waals surface area contributed by atoms with Crippen molar-refractivity contribution in [3.05, 3.63) is 63.7 Å². The molecule has 2 aromatic rings. The zero-order valence-electron chi connectivity index (χ0n) is 20.0. The fourth-order valence-corrected chi connectivity index (χ4v) is 5.39. The molecule has 7 heteroatoms. The summed E-state index contributed by atoms with van der Waals surface area (Å²) in [6.45, 7) is 10.4. The number of carbonyl (C=O) groups excluding carboxylic acids is 1. The molecule has 0 aromatic heterocycles. The summed E-state index contributed by atoms with van der Waals surface area (Å²) >= 11 is 0. The number of hydrogen-bond donors (Lipinski definition) is 1. The van der Waals surface area contributed by atoms with E-state index in [-0.39, 0.29) is 18.3 Å². The minimum absolute atomic E-state index is 0.0845. The highest BCUT2D eigenvalue weighted by molar-refractivity contribution is 7.91. The Hall–Kier alpha value is -2.06. The Bertz CT molecular complexity index is 1110. The van der Waals surface area contributed by atoms with Crippen molar-refractivity contribution in [1.82, 2.24) is 4.90 Å². The molecular weight excluding hydrogens is 422 g/mol. The van der Waals surface area contributed by atoms with Crippen LogP contribution in [0, 0.1) is 0 Å². The number of benzene rings is 2. The molecule has 0 saturated heterocycles. The van der Waals surface area contributed by atoms with Crippen LogP contribution in [0.3, 0.4) is 0 Å². The molecule has 2 N–H and O–H groups in total. The highest BCUT2D eigenvalue weighted by atomic mass is 32.2. The summed E-state index contributed by atoms with van der Waals surface area (Å²) in [4.78, 5) is 15.4. The van der Waals surface area contributed by atoms with E-state index in [4.69, 9.17) is 9.88 Å². The molecule has 0 saturated carbocycles. The molecule has 32 heavy (non-hydrogen) atoms. The van der Waals surface area contributed by atoms with E-state index in [1.54, 1.807) is 12.1 Å². The lowest BCUT2D eigenvalue weighted by molar-refractivity contribution is -0.117. The van der Waals surface area contributed by atoms with Gasteiger partial charge in [-0.1, -0.05) is 45.9 Å². The Kier molecular flexibility index (Phi) is 7.55. The van der Waals surface area contributed by atoms with E-state index in [1.165, 1.54) is 11.1 Å². The Morgan fingerprint density at radius 3 is 2.34 bits per heavy atom. The summed E-state index contributed by atoms with van der Waals surface area (Å²) in [6, 6.07) is 9.30. The van der Waals surface area contributed by atoms with Crippen LogP contribution in [0.15, 0.2) is 39.6 Å². The molecule has 174 valence electrons. The molecule has 1 heterocycles. The van der Waals surface area contributed by atoms with Crippen LogP contribution in [-0.2, 0) is 45.6 Å². The van der Waals surface area contributed by atoms with Crippen LogP contribution in [0.2, 0.25) is 0 Å². The predicted octanol–water partition coefficient (Wildman–Crippen LogP) is 4.50. The third-order valence-electron chi connectivity index (χ3n) is 5.74. The second-order valence-corrected chi connectivity index (χ2v) is 11.2. The number of ether oxygens (including phenoxy) is 1. The van der Waals surface area contributed by atoms with E-state index in [1.807, 2.05) is 31.1 Å². The van der Waals surface area contributed by atoms with Gasteiger partial charge in [0.25, 0.3) is 5.91 Å². The zero-order valence-corrected chi connectivity index (χ0v) is 20.8. The van der Waals surface area contributed by atoms with Gasteiger partial charge in [-0.25, -0.2) is 9.35 Å². The molecule has 0 fully saturated rings. The van der Waals surface area contributed by atoms with Crippen molar-refractivity contribution in [2.45, 2.75) is 70.6 Å². The maximum Gasteiger partial charge on any atom is 0.259 e. The summed E-state index contributed by atoms with van der Waals surface area (Å²) < 4.78 is 22.8.